The summed E-state index contributed by atoms with van der Waals surface area (Å²) in [6.45, 7) is 5.84. The van der Waals surface area contributed by atoms with Crippen LogP contribution in [0.1, 0.15) is 13.8 Å². The maximum atomic E-state index is 12.5. The van der Waals surface area contributed by atoms with Crippen LogP contribution in [-0.2, 0) is 19.1 Å². The van der Waals surface area contributed by atoms with Crippen molar-refractivity contribution in [2.45, 2.75) is 13.8 Å². The van der Waals surface area contributed by atoms with E-state index < -0.39 is 17.9 Å². The van der Waals surface area contributed by atoms with Gasteiger partial charge in [0, 0.05) is 31.9 Å². The number of benzene rings is 1. The molecule has 0 radical (unpaired) electrons. The fourth-order valence-electron chi connectivity index (χ4n) is 3.21. The van der Waals surface area contributed by atoms with Crippen LogP contribution in [-0.4, -0.2) is 69.2 Å². The molecule has 1 N–H and O–H groups in total. The van der Waals surface area contributed by atoms with Gasteiger partial charge in [0.1, 0.15) is 29.1 Å². The minimum absolute atomic E-state index is 0.00937. The Kier molecular flexibility index (Phi) is 8.88. The Morgan fingerprint density at radius 2 is 1.74 bits per heavy atom. The summed E-state index contributed by atoms with van der Waals surface area (Å²) in [5.41, 5.74) is 0.726. The van der Waals surface area contributed by atoms with Crippen molar-refractivity contribution in [1.82, 2.24) is 4.90 Å². The SMILES string of the molecule is CCOC(=O)/C(C#N)=C/C(C(=N)N1CCN(c2ccc(OC)cc2)CC1)C(=O)OCC. The molecule has 9 nitrogen and oxygen atoms in total. The largest absolute Gasteiger partial charge is 0.497 e. The third-order valence-corrected chi connectivity index (χ3v) is 4.84. The number of nitrogens with zero attached hydrogens (tertiary/aromatic N) is 3. The van der Waals surface area contributed by atoms with E-state index in [1.807, 2.05) is 24.3 Å². The van der Waals surface area contributed by atoms with Gasteiger partial charge in [-0.15, -0.1) is 0 Å². The van der Waals surface area contributed by atoms with E-state index in [9.17, 15) is 14.9 Å². The first-order valence-corrected chi connectivity index (χ1v) is 10.1. The van der Waals surface area contributed by atoms with E-state index in [1.165, 1.54) is 0 Å². The predicted molar refractivity (Wildman–Crippen MR) is 115 cm³/mol. The molecule has 1 fully saturated rings. The summed E-state index contributed by atoms with van der Waals surface area (Å²) < 4.78 is 15.1. The Bertz CT molecular complexity index is 852. The molecule has 1 heterocycles. The summed E-state index contributed by atoms with van der Waals surface area (Å²) in [5.74, 6) is -1.89. The summed E-state index contributed by atoms with van der Waals surface area (Å²) in [6.07, 6.45) is 1.16. The van der Waals surface area contributed by atoms with Crippen molar-refractivity contribution in [2.75, 3.05) is 51.4 Å². The summed E-state index contributed by atoms with van der Waals surface area (Å²) in [7, 11) is 1.62. The van der Waals surface area contributed by atoms with Crippen molar-refractivity contribution in [1.29, 1.82) is 10.7 Å². The molecule has 0 aromatic heterocycles. The van der Waals surface area contributed by atoms with Gasteiger partial charge in [0.2, 0.25) is 0 Å². The number of rotatable bonds is 8. The number of anilines is 1. The van der Waals surface area contributed by atoms with E-state index >= 15 is 0 Å². The molecule has 1 aliphatic heterocycles. The zero-order chi connectivity index (χ0) is 22.8. The highest BCUT2D eigenvalue weighted by molar-refractivity contribution is 6.03. The molecule has 1 atom stereocenters. The van der Waals surface area contributed by atoms with E-state index in [2.05, 4.69) is 4.90 Å². The Balaban J connectivity index is 2.13. The maximum Gasteiger partial charge on any atom is 0.348 e. The number of nitriles is 1. The number of carbonyl (C=O) groups excluding carboxylic acids is 2. The summed E-state index contributed by atoms with van der Waals surface area (Å²) in [6, 6.07) is 9.49. The smallest absolute Gasteiger partial charge is 0.348 e. The molecule has 1 unspecified atom stereocenters. The van der Waals surface area contributed by atoms with Crippen molar-refractivity contribution in [3.8, 4) is 11.8 Å². The number of carbonyl (C=O) groups is 2. The molecule has 0 bridgehead atoms. The first kappa shape index (κ1) is 23.7. The first-order chi connectivity index (χ1) is 14.9. The second kappa shape index (κ2) is 11.6. The minimum Gasteiger partial charge on any atom is -0.497 e. The summed E-state index contributed by atoms with van der Waals surface area (Å²) in [5, 5.41) is 17.9. The molecular formula is C22H28N4O5. The maximum absolute atomic E-state index is 12.5. The van der Waals surface area contributed by atoms with Gasteiger partial charge in [-0.05, 0) is 44.2 Å². The lowest BCUT2D eigenvalue weighted by molar-refractivity contribution is -0.144. The highest BCUT2D eigenvalue weighted by Gasteiger charge is 2.31. The fourth-order valence-corrected chi connectivity index (χ4v) is 3.21. The van der Waals surface area contributed by atoms with Crippen molar-refractivity contribution in [3.05, 3.63) is 35.9 Å². The number of piperazine rings is 1. The van der Waals surface area contributed by atoms with Crippen LogP contribution >= 0.6 is 0 Å². The topological polar surface area (TPSA) is 116 Å². The molecule has 1 aromatic carbocycles. The molecule has 31 heavy (non-hydrogen) atoms. The standard InChI is InChI=1S/C22H28N4O5/c1-4-30-21(27)16(15-23)14-19(22(28)31-5-2)20(24)26-12-10-25(11-13-26)17-6-8-18(29-3)9-7-17/h6-9,14,19,24H,4-5,10-13H2,1-3H3/b16-14+,24-20?. The van der Waals surface area contributed by atoms with Crippen LogP contribution in [0, 0.1) is 22.7 Å². The van der Waals surface area contributed by atoms with E-state index in [0.717, 1.165) is 17.5 Å². The first-order valence-electron chi connectivity index (χ1n) is 10.1. The van der Waals surface area contributed by atoms with Gasteiger partial charge in [0.05, 0.1) is 20.3 Å². The van der Waals surface area contributed by atoms with Gasteiger partial charge in [0.25, 0.3) is 0 Å². The Morgan fingerprint density at radius 3 is 2.26 bits per heavy atom. The lowest BCUT2D eigenvalue weighted by Gasteiger charge is -2.38. The molecule has 1 saturated heterocycles. The Hall–Kier alpha value is -3.54. The van der Waals surface area contributed by atoms with E-state index in [4.69, 9.17) is 19.6 Å². The van der Waals surface area contributed by atoms with Crippen LogP contribution < -0.4 is 9.64 Å². The van der Waals surface area contributed by atoms with Gasteiger partial charge in [-0.1, -0.05) is 0 Å². The molecule has 166 valence electrons. The van der Waals surface area contributed by atoms with E-state index in [-0.39, 0.29) is 24.6 Å². The zero-order valence-electron chi connectivity index (χ0n) is 18.1. The van der Waals surface area contributed by atoms with Crippen LogP contribution in [0.4, 0.5) is 5.69 Å². The van der Waals surface area contributed by atoms with Gasteiger partial charge in [0.15, 0.2) is 0 Å². The molecule has 9 heteroatoms. The molecule has 0 aliphatic carbocycles. The third kappa shape index (κ3) is 6.22. The van der Waals surface area contributed by atoms with Crippen molar-refractivity contribution < 1.29 is 23.8 Å². The third-order valence-electron chi connectivity index (χ3n) is 4.84. The van der Waals surface area contributed by atoms with Crippen LogP contribution in [0.3, 0.4) is 0 Å². The quantitative estimate of drug-likeness (QED) is 0.220. The van der Waals surface area contributed by atoms with Crippen molar-refractivity contribution in [2.24, 2.45) is 5.92 Å². The number of hydrogen-bond acceptors (Lipinski definition) is 8. The molecule has 0 amide bonds. The van der Waals surface area contributed by atoms with Crippen molar-refractivity contribution in [3.63, 3.8) is 0 Å². The molecule has 1 aromatic rings. The average Bonchev–Trinajstić information content (AvgIpc) is 2.80. The predicted octanol–water partition coefficient (Wildman–Crippen LogP) is 1.99. The molecule has 0 saturated carbocycles. The molecule has 0 spiro atoms. The van der Waals surface area contributed by atoms with Gasteiger partial charge in [-0.25, -0.2) is 4.79 Å². The number of methoxy groups -OCH3 is 1. The fraction of sp³-hybridized carbons (Fsp3) is 0.455. The number of amidine groups is 1. The van der Waals surface area contributed by atoms with Gasteiger partial charge >= 0.3 is 11.9 Å². The van der Waals surface area contributed by atoms with Gasteiger partial charge < -0.3 is 24.0 Å². The zero-order valence-corrected chi connectivity index (χ0v) is 18.1. The van der Waals surface area contributed by atoms with Crippen LogP contribution in [0.15, 0.2) is 35.9 Å². The van der Waals surface area contributed by atoms with Gasteiger partial charge in [-0.2, -0.15) is 5.26 Å². The summed E-state index contributed by atoms with van der Waals surface area (Å²) >= 11 is 0. The Morgan fingerprint density at radius 1 is 1.13 bits per heavy atom. The van der Waals surface area contributed by atoms with Crippen LogP contribution in [0.5, 0.6) is 5.75 Å². The average molecular weight is 428 g/mol. The second-order valence-corrected chi connectivity index (χ2v) is 6.70. The van der Waals surface area contributed by atoms with Gasteiger partial charge in [-0.3, -0.25) is 10.2 Å². The van der Waals surface area contributed by atoms with E-state index in [1.54, 1.807) is 31.9 Å². The van der Waals surface area contributed by atoms with E-state index in [0.29, 0.717) is 26.2 Å². The number of ether oxygens (including phenoxy) is 3. The van der Waals surface area contributed by atoms with Crippen LogP contribution in [0.25, 0.3) is 0 Å². The highest BCUT2D eigenvalue weighted by atomic mass is 16.5. The number of hydrogen-bond donors (Lipinski definition) is 1. The minimum atomic E-state index is -1.16. The lowest BCUT2D eigenvalue weighted by Crippen LogP contribution is -2.51. The number of nitrogens with one attached hydrogen (secondary N) is 1. The molecular weight excluding hydrogens is 400 g/mol. The molecule has 1 aliphatic rings. The molecule has 2 rings (SSSR count). The van der Waals surface area contributed by atoms with Crippen molar-refractivity contribution >= 4 is 23.5 Å². The monoisotopic (exact) mass is 428 g/mol. The highest BCUT2D eigenvalue weighted by Crippen LogP contribution is 2.21. The summed E-state index contributed by atoms with van der Waals surface area (Å²) in [4.78, 5) is 28.4. The Labute approximate surface area is 182 Å². The lowest BCUT2D eigenvalue weighted by atomic mass is 10.0. The number of esters is 2. The normalized spacial score (nSPS) is 15.0. The van der Waals surface area contributed by atoms with Crippen LogP contribution in [0.2, 0.25) is 0 Å². The second-order valence-electron chi connectivity index (χ2n) is 6.70.